The molecule has 0 amide bonds. The van der Waals surface area contributed by atoms with Crippen molar-refractivity contribution < 1.29 is 4.57 Å². The first-order valence-corrected chi connectivity index (χ1v) is 9.39. The molecule has 0 unspecified atom stereocenters. The Balaban J connectivity index is 1.86. The number of anilines is 1. The highest BCUT2D eigenvalue weighted by molar-refractivity contribution is 7.19. The van der Waals surface area contributed by atoms with E-state index in [1.165, 1.54) is 32.0 Å². The van der Waals surface area contributed by atoms with Crippen molar-refractivity contribution >= 4 is 38.9 Å². The fraction of sp³-hybridized carbons (Fsp3) is 0.174. The third-order valence-electron chi connectivity index (χ3n) is 4.24. The molecule has 130 valence electrons. The molecule has 0 aliphatic heterocycles. The van der Waals surface area contributed by atoms with Crippen LogP contribution in [0, 0.1) is 12.3 Å². The van der Waals surface area contributed by atoms with Crippen molar-refractivity contribution in [3.05, 3.63) is 71.3 Å². The SMILES string of the molecule is C#CC[n+]1c(/C(C)=C/C=C/c2ccc(N(C)C)cc2)sc2ccccc21. The molecule has 0 spiro atoms. The lowest BCUT2D eigenvalue weighted by Gasteiger charge is -2.11. The van der Waals surface area contributed by atoms with E-state index in [9.17, 15) is 0 Å². The van der Waals surface area contributed by atoms with Crippen molar-refractivity contribution in [1.29, 1.82) is 0 Å². The van der Waals surface area contributed by atoms with E-state index < -0.39 is 0 Å². The quantitative estimate of drug-likeness (QED) is 0.353. The second-order valence-corrected chi connectivity index (χ2v) is 7.39. The molecule has 0 N–H and O–H groups in total. The van der Waals surface area contributed by atoms with Gasteiger partial charge in [0, 0.05) is 31.4 Å². The summed E-state index contributed by atoms with van der Waals surface area (Å²) >= 11 is 1.78. The van der Waals surface area contributed by atoms with Crippen LogP contribution in [0.2, 0.25) is 0 Å². The first kappa shape index (κ1) is 18.0. The summed E-state index contributed by atoms with van der Waals surface area (Å²) in [6.45, 7) is 2.72. The molecule has 1 aromatic heterocycles. The van der Waals surface area contributed by atoms with Gasteiger partial charge in [-0.1, -0.05) is 53.8 Å². The number of terminal acetylenes is 1. The van der Waals surface area contributed by atoms with Crippen molar-refractivity contribution in [1.82, 2.24) is 0 Å². The van der Waals surface area contributed by atoms with Gasteiger partial charge < -0.3 is 4.90 Å². The van der Waals surface area contributed by atoms with E-state index in [2.05, 4.69) is 89.1 Å². The molecule has 0 aliphatic carbocycles. The normalized spacial score (nSPS) is 11.8. The average Bonchev–Trinajstić information content (AvgIpc) is 3.01. The second-order valence-electron chi connectivity index (χ2n) is 6.36. The van der Waals surface area contributed by atoms with Gasteiger partial charge in [-0.3, -0.25) is 0 Å². The van der Waals surface area contributed by atoms with Crippen LogP contribution in [0.4, 0.5) is 5.69 Å². The Morgan fingerprint density at radius 2 is 1.88 bits per heavy atom. The molecule has 0 atom stereocenters. The number of hydrogen-bond donors (Lipinski definition) is 0. The molecular weight excluding hydrogens is 336 g/mol. The zero-order chi connectivity index (χ0) is 18.5. The number of para-hydroxylation sites is 1. The predicted molar refractivity (Wildman–Crippen MR) is 114 cm³/mol. The highest BCUT2D eigenvalue weighted by Crippen LogP contribution is 2.25. The number of thiazole rings is 1. The molecule has 0 saturated heterocycles. The topological polar surface area (TPSA) is 7.12 Å². The van der Waals surface area contributed by atoms with Crippen molar-refractivity contribution in [2.75, 3.05) is 19.0 Å². The lowest BCUT2D eigenvalue weighted by Crippen LogP contribution is -2.35. The molecule has 26 heavy (non-hydrogen) atoms. The van der Waals surface area contributed by atoms with Crippen LogP contribution >= 0.6 is 11.3 Å². The van der Waals surface area contributed by atoms with Crippen molar-refractivity contribution in [2.24, 2.45) is 0 Å². The Bertz CT molecular complexity index is 999. The van der Waals surface area contributed by atoms with Crippen LogP contribution in [-0.4, -0.2) is 14.1 Å². The molecule has 0 aliphatic rings. The van der Waals surface area contributed by atoms with Crippen molar-refractivity contribution in [3.8, 4) is 12.3 Å². The van der Waals surface area contributed by atoms with Gasteiger partial charge in [0.1, 0.15) is 4.70 Å². The van der Waals surface area contributed by atoms with Crippen molar-refractivity contribution in [3.63, 3.8) is 0 Å². The number of hydrogen-bond acceptors (Lipinski definition) is 2. The van der Waals surface area contributed by atoms with E-state index in [1.807, 2.05) is 14.1 Å². The lowest BCUT2D eigenvalue weighted by atomic mass is 10.1. The number of nitrogens with zero attached hydrogens (tertiary/aromatic N) is 2. The fourth-order valence-electron chi connectivity index (χ4n) is 2.84. The van der Waals surface area contributed by atoms with Crippen LogP contribution in [0.25, 0.3) is 21.9 Å². The Hall–Kier alpha value is -2.83. The summed E-state index contributed by atoms with van der Waals surface area (Å²) in [6, 6.07) is 16.9. The van der Waals surface area contributed by atoms with Gasteiger partial charge in [-0.05, 0) is 36.6 Å². The summed E-state index contributed by atoms with van der Waals surface area (Å²) in [5, 5.41) is 1.21. The maximum Gasteiger partial charge on any atom is 0.266 e. The van der Waals surface area contributed by atoms with Gasteiger partial charge in [0.15, 0.2) is 0 Å². The molecule has 0 fully saturated rings. The highest BCUT2D eigenvalue weighted by Gasteiger charge is 2.20. The molecule has 3 aromatic rings. The summed E-state index contributed by atoms with van der Waals surface area (Å²) in [7, 11) is 4.10. The average molecular weight is 360 g/mol. The van der Waals surface area contributed by atoms with Gasteiger partial charge in [0.2, 0.25) is 12.1 Å². The lowest BCUT2D eigenvalue weighted by molar-refractivity contribution is -0.656. The zero-order valence-electron chi connectivity index (χ0n) is 15.4. The standard InChI is InChI=1S/C23H23N2S/c1-5-17-25-21-11-6-7-12-22(21)26-23(25)18(2)9-8-10-19-13-15-20(16-14-19)24(3)4/h1,6-16H,17H2,2-4H3/q+1. The maximum atomic E-state index is 5.59. The Morgan fingerprint density at radius 3 is 2.58 bits per heavy atom. The summed E-state index contributed by atoms with van der Waals surface area (Å²) in [5.74, 6) is 2.77. The first-order valence-electron chi connectivity index (χ1n) is 8.57. The minimum absolute atomic E-state index is 0.584. The third-order valence-corrected chi connectivity index (χ3v) is 5.54. The van der Waals surface area contributed by atoms with Crippen LogP contribution in [-0.2, 0) is 6.54 Å². The Labute approximate surface area is 159 Å². The first-order chi connectivity index (χ1) is 12.6. The van der Waals surface area contributed by atoms with E-state index in [-0.39, 0.29) is 0 Å². The van der Waals surface area contributed by atoms with E-state index in [0.717, 1.165) is 0 Å². The number of benzene rings is 2. The van der Waals surface area contributed by atoms with Gasteiger partial charge in [-0.25, -0.2) is 0 Å². The molecule has 0 bridgehead atoms. The number of aromatic nitrogens is 1. The molecule has 3 heteroatoms. The van der Waals surface area contributed by atoms with Gasteiger partial charge in [0.05, 0.1) is 0 Å². The summed E-state index contributed by atoms with van der Waals surface area (Å²) in [4.78, 5) is 2.10. The highest BCUT2D eigenvalue weighted by atomic mass is 32.1. The van der Waals surface area contributed by atoms with Gasteiger partial charge in [-0.2, -0.15) is 4.57 Å². The smallest absolute Gasteiger partial charge is 0.266 e. The van der Waals surface area contributed by atoms with E-state index in [4.69, 9.17) is 6.42 Å². The van der Waals surface area contributed by atoms with Gasteiger partial charge in [-0.15, -0.1) is 6.42 Å². The molecule has 3 rings (SSSR count). The molecule has 2 aromatic carbocycles. The van der Waals surface area contributed by atoms with Crippen LogP contribution in [0.1, 0.15) is 17.5 Å². The van der Waals surface area contributed by atoms with Crippen LogP contribution in [0.3, 0.4) is 0 Å². The number of allylic oxidation sites excluding steroid dienone is 3. The number of fused-ring (bicyclic) bond motifs is 1. The molecule has 1 heterocycles. The fourth-order valence-corrected chi connectivity index (χ4v) is 3.98. The third kappa shape index (κ3) is 3.87. The Kier molecular flexibility index (Phi) is 5.55. The summed E-state index contributed by atoms with van der Waals surface area (Å²) in [6.07, 6.45) is 12.0. The van der Waals surface area contributed by atoms with E-state index >= 15 is 0 Å². The predicted octanol–water partition coefficient (Wildman–Crippen LogP) is 5.00. The minimum atomic E-state index is 0.584. The Morgan fingerprint density at radius 1 is 1.15 bits per heavy atom. The largest absolute Gasteiger partial charge is 0.378 e. The molecule has 2 nitrogen and oxygen atoms in total. The molecule has 0 radical (unpaired) electrons. The van der Waals surface area contributed by atoms with Crippen LogP contribution in [0.5, 0.6) is 0 Å². The van der Waals surface area contributed by atoms with Crippen LogP contribution < -0.4 is 9.47 Å². The summed E-state index contributed by atoms with van der Waals surface area (Å²) in [5.41, 5.74) is 4.80. The summed E-state index contributed by atoms with van der Waals surface area (Å²) < 4.78 is 3.47. The van der Waals surface area contributed by atoms with Gasteiger partial charge in [0.25, 0.3) is 5.01 Å². The maximum absolute atomic E-state index is 5.59. The van der Waals surface area contributed by atoms with Gasteiger partial charge >= 0.3 is 0 Å². The monoisotopic (exact) mass is 359 g/mol. The molecular formula is C23H23N2S+. The minimum Gasteiger partial charge on any atom is -0.378 e. The molecule has 0 saturated carbocycles. The second kappa shape index (κ2) is 8.03. The van der Waals surface area contributed by atoms with E-state index in [1.54, 1.807) is 11.3 Å². The van der Waals surface area contributed by atoms with Crippen molar-refractivity contribution in [2.45, 2.75) is 13.5 Å². The zero-order valence-corrected chi connectivity index (χ0v) is 16.3. The number of rotatable bonds is 5. The van der Waals surface area contributed by atoms with E-state index in [0.29, 0.717) is 6.54 Å². The van der Waals surface area contributed by atoms with Crippen LogP contribution in [0.15, 0.2) is 60.7 Å².